The minimum atomic E-state index is -0.568. The predicted molar refractivity (Wildman–Crippen MR) is 82.0 cm³/mol. The Morgan fingerprint density at radius 3 is 2.57 bits per heavy atom. The zero-order chi connectivity index (χ0) is 15.4. The van der Waals surface area contributed by atoms with E-state index in [4.69, 9.17) is 10.00 Å². The van der Waals surface area contributed by atoms with Gasteiger partial charge < -0.3 is 9.84 Å². The number of aliphatic hydroxyl groups is 1. The summed E-state index contributed by atoms with van der Waals surface area (Å²) in [6, 6.07) is 13.5. The average Bonchev–Trinajstić information content (AvgIpc) is 2.46. The van der Waals surface area contributed by atoms with Gasteiger partial charge in [0.1, 0.15) is 12.4 Å². The van der Waals surface area contributed by atoms with Crippen LogP contribution in [0.3, 0.4) is 0 Å². The lowest BCUT2D eigenvalue weighted by atomic mass is 10.1. The van der Waals surface area contributed by atoms with Crippen molar-refractivity contribution in [3.63, 3.8) is 0 Å². The molecule has 0 fully saturated rings. The predicted octanol–water partition coefficient (Wildman–Crippen LogP) is 3.81. The molecule has 1 N–H and O–H groups in total. The normalized spacial score (nSPS) is 11.8. The van der Waals surface area contributed by atoms with E-state index in [0.29, 0.717) is 17.9 Å². The molecule has 2 aromatic carbocycles. The van der Waals surface area contributed by atoms with Crippen molar-refractivity contribution in [3.8, 4) is 11.8 Å². The minimum absolute atomic E-state index is 0.417. The summed E-state index contributed by atoms with van der Waals surface area (Å²) in [4.78, 5) is 0. The van der Waals surface area contributed by atoms with Gasteiger partial charge in [-0.05, 0) is 56.2 Å². The van der Waals surface area contributed by atoms with E-state index in [0.717, 1.165) is 22.3 Å². The molecule has 0 aliphatic carbocycles. The maximum absolute atomic E-state index is 9.83. The van der Waals surface area contributed by atoms with Gasteiger partial charge >= 0.3 is 0 Å². The number of hydrogen-bond donors (Lipinski definition) is 1. The number of hydrogen-bond acceptors (Lipinski definition) is 3. The minimum Gasteiger partial charge on any atom is -0.489 e. The molecule has 0 unspecified atom stereocenters. The lowest BCUT2D eigenvalue weighted by Gasteiger charge is -2.15. The van der Waals surface area contributed by atoms with E-state index in [-0.39, 0.29) is 0 Å². The maximum Gasteiger partial charge on any atom is 0.125 e. The third kappa shape index (κ3) is 3.62. The van der Waals surface area contributed by atoms with Crippen LogP contribution in [0, 0.1) is 25.2 Å². The fourth-order valence-corrected chi connectivity index (χ4v) is 2.21. The number of nitrogens with zero attached hydrogens (tertiary/aromatic N) is 1. The van der Waals surface area contributed by atoms with E-state index in [9.17, 15) is 5.11 Å². The Morgan fingerprint density at radius 2 is 1.95 bits per heavy atom. The third-order valence-corrected chi connectivity index (χ3v) is 3.47. The van der Waals surface area contributed by atoms with Crippen molar-refractivity contribution < 1.29 is 9.84 Å². The van der Waals surface area contributed by atoms with Gasteiger partial charge in [-0.2, -0.15) is 5.26 Å². The van der Waals surface area contributed by atoms with Crippen LogP contribution in [-0.4, -0.2) is 5.11 Å². The molecule has 2 rings (SSSR count). The highest BCUT2D eigenvalue weighted by molar-refractivity contribution is 5.40. The van der Waals surface area contributed by atoms with Crippen LogP contribution in [0.4, 0.5) is 0 Å². The molecule has 21 heavy (non-hydrogen) atoms. The molecule has 0 bridgehead atoms. The van der Waals surface area contributed by atoms with E-state index >= 15 is 0 Å². The number of aryl methyl sites for hydroxylation is 2. The molecule has 3 nitrogen and oxygen atoms in total. The number of aliphatic hydroxyl groups excluding tert-OH is 1. The molecule has 0 amide bonds. The second-order valence-corrected chi connectivity index (χ2v) is 5.26. The lowest BCUT2D eigenvalue weighted by Crippen LogP contribution is -2.03. The van der Waals surface area contributed by atoms with Gasteiger partial charge in [0.25, 0.3) is 0 Å². The molecule has 0 aliphatic rings. The Kier molecular flexibility index (Phi) is 4.62. The topological polar surface area (TPSA) is 53.2 Å². The molecular weight excluding hydrogens is 262 g/mol. The van der Waals surface area contributed by atoms with Gasteiger partial charge in [0.15, 0.2) is 0 Å². The van der Waals surface area contributed by atoms with E-state index in [1.54, 1.807) is 13.0 Å². The summed E-state index contributed by atoms with van der Waals surface area (Å²) in [6.45, 7) is 6.10. The SMILES string of the molecule is Cc1ccc(OCc2ccc(C#N)cc2C)c([C@@H](C)O)c1. The monoisotopic (exact) mass is 281 g/mol. The Labute approximate surface area is 125 Å². The van der Waals surface area contributed by atoms with E-state index < -0.39 is 6.10 Å². The first-order chi connectivity index (χ1) is 10.0. The first-order valence-corrected chi connectivity index (χ1v) is 6.92. The van der Waals surface area contributed by atoms with Gasteiger partial charge in [-0.25, -0.2) is 0 Å². The molecular formula is C18H19NO2. The van der Waals surface area contributed by atoms with Crippen molar-refractivity contribution in [3.05, 3.63) is 64.2 Å². The number of nitriles is 1. The van der Waals surface area contributed by atoms with Crippen LogP contribution in [0.2, 0.25) is 0 Å². The van der Waals surface area contributed by atoms with Gasteiger partial charge in [0, 0.05) is 5.56 Å². The summed E-state index contributed by atoms with van der Waals surface area (Å²) in [5.74, 6) is 0.694. The van der Waals surface area contributed by atoms with Gasteiger partial charge in [-0.3, -0.25) is 0 Å². The highest BCUT2D eigenvalue weighted by Gasteiger charge is 2.10. The smallest absolute Gasteiger partial charge is 0.125 e. The molecule has 3 heteroatoms. The van der Waals surface area contributed by atoms with Crippen LogP contribution >= 0.6 is 0 Å². The van der Waals surface area contributed by atoms with Crippen LogP contribution in [0.1, 0.15) is 40.8 Å². The van der Waals surface area contributed by atoms with Crippen molar-refractivity contribution in [2.45, 2.75) is 33.5 Å². The van der Waals surface area contributed by atoms with Crippen LogP contribution in [0.5, 0.6) is 5.75 Å². The highest BCUT2D eigenvalue weighted by atomic mass is 16.5. The molecule has 0 saturated carbocycles. The Bertz CT molecular complexity index is 684. The Balaban J connectivity index is 2.19. The van der Waals surface area contributed by atoms with Crippen LogP contribution in [0.25, 0.3) is 0 Å². The molecule has 108 valence electrons. The zero-order valence-electron chi connectivity index (χ0n) is 12.6. The summed E-state index contributed by atoms with van der Waals surface area (Å²) in [5, 5.41) is 18.7. The second-order valence-electron chi connectivity index (χ2n) is 5.26. The Hall–Kier alpha value is -2.31. The number of ether oxygens (including phenoxy) is 1. The summed E-state index contributed by atoms with van der Waals surface area (Å²) in [7, 11) is 0. The standard InChI is InChI=1S/C18H19NO2/c1-12-4-7-18(17(8-12)14(3)20)21-11-16-6-5-15(10-19)9-13(16)2/h4-9,14,20H,11H2,1-3H3/t14-/m1/s1. The van der Waals surface area contributed by atoms with Crippen LogP contribution in [-0.2, 0) is 6.61 Å². The van der Waals surface area contributed by atoms with Crippen LogP contribution < -0.4 is 4.74 Å². The summed E-state index contributed by atoms with van der Waals surface area (Å²) >= 11 is 0. The maximum atomic E-state index is 9.83. The quantitative estimate of drug-likeness (QED) is 0.927. The van der Waals surface area contributed by atoms with E-state index in [1.165, 1.54) is 0 Å². The zero-order valence-corrected chi connectivity index (χ0v) is 12.6. The summed E-state index contributed by atoms with van der Waals surface area (Å²) in [6.07, 6.45) is -0.568. The van der Waals surface area contributed by atoms with Crippen molar-refractivity contribution in [1.29, 1.82) is 5.26 Å². The molecule has 1 atom stereocenters. The first kappa shape index (κ1) is 15.1. The number of benzene rings is 2. The van der Waals surface area contributed by atoms with Crippen molar-refractivity contribution in [2.75, 3.05) is 0 Å². The molecule has 0 spiro atoms. The molecule has 2 aromatic rings. The molecule has 0 aromatic heterocycles. The van der Waals surface area contributed by atoms with E-state index in [1.807, 2.05) is 44.2 Å². The second kappa shape index (κ2) is 6.43. The van der Waals surface area contributed by atoms with Crippen LogP contribution in [0.15, 0.2) is 36.4 Å². The molecule has 0 radical (unpaired) electrons. The lowest BCUT2D eigenvalue weighted by molar-refractivity contribution is 0.190. The highest BCUT2D eigenvalue weighted by Crippen LogP contribution is 2.27. The Morgan fingerprint density at radius 1 is 1.19 bits per heavy atom. The fourth-order valence-electron chi connectivity index (χ4n) is 2.21. The summed E-state index contributed by atoms with van der Waals surface area (Å²) in [5.41, 5.74) is 4.59. The van der Waals surface area contributed by atoms with E-state index in [2.05, 4.69) is 6.07 Å². The third-order valence-electron chi connectivity index (χ3n) is 3.47. The van der Waals surface area contributed by atoms with Gasteiger partial charge in [0.2, 0.25) is 0 Å². The largest absolute Gasteiger partial charge is 0.489 e. The molecule has 0 aliphatic heterocycles. The molecule has 0 heterocycles. The van der Waals surface area contributed by atoms with Gasteiger partial charge in [-0.1, -0.05) is 17.7 Å². The van der Waals surface area contributed by atoms with Crippen molar-refractivity contribution in [2.24, 2.45) is 0 Å². The molecule has 0 saturated heterocycles. The van der Waals surface area contributed by atoms with Crippen molar-refractivity contribution >= 4 is 0 Å². The fraction of sp³-hybridized carbons (Fsp3) is 0.278. The number of rotatable bonds is 4. The van der Waals surface area contributed by atoms with Gasteiger partial charge in [-0.15, -0.1) is 0 Å². The van der Waals surface area contributed by atoms with Crippen molar-refractivity contribution in [1.82, 2.24) is 0 Å². The summed E-state index contributed by atoms with van der Waals surface area (Å²) < 4.78 is 5.85. The first-order valence-electron chi connectivity index (χ1n) is 6.92. The van der Waals surface area contributed by atoms with Gasteiger partial charge in [0.05, 0.1) is 17.7 Å². The average molecular weight is 281 g/mol.